The topological polar surface area (TPSA) is 96.4 Å². The molecule has 1 aliphatic rings. The van der Waals surface area contributed by atoms with Gasteiger partial charge in [-0.25, -0.2) is 0 Å². The Morgan fingerprint density at radius 1 is 1.67 bits per heavy atom. The molecule has 0 aliphatic heterocycles. The van der Waals surface area contributed by atoms with Crippen LogP contribution in [-0.2, 0) is 4.79 Å². The van der Waals surface area contributed by atoms with Crippen LogP contribution in [0.15, 0.2) is 6.20 Å². The van der Waals surface area contributed by atoms with Gasteiger partial charge in [0.25, 0.3) is 0 Å². The fourth-order valence-electron chi connectivity index (χ4n) is 1.32. The Morgan fingerprint density at radius 3 is 3.17 bits per heavy atom. The molecule has 1 saturated carbocycles. The molecule has 1 aromatic rings. The maximum atomic E-state index is 11.3. The van der Waals surface area contributed by atoms with Crippen molar-refractivity contribution in [3.63, 3.8) is 0 Å². The molecule has 0 bridgehead atoms. The minimum atomic E-state index is -0.680. The van der Waals surface area contributed by atoms with Crippen molar-refractivity contribution in [2.24, 2.45) is 0 Å². The van der Waals surface area contributed by atoms with Gasteiger partial charge in [-0.15, -0.1) is 4.37 Å². The van der Waals surface area contributed by atoms with Crippen LogP contribution in [0, 0.1) is 0 Å². The Bertz CT molecular complexity index is 369. The molecule has 18 heavy (non-hydrogen) atoms. The van der Waals surface area contributed by atoms with Crippen LogP contribution in [0.1, 0.15) is 12.8 Å². The summed E-state index contributed by atoms with van der Waals surface area (Å²) in [6, 6.07) is 0.365. The molecule has 1 fully saturated rings. The first-order chi connectivity index (χ1) is 8.74. The van der Waals surface area contributed by atoms with Crippen LogP contribution in [0.2, 0.25) is 0 Å². The highest BCUT2D eigenvalue weighted by atomic mass is 32.1. The maximum Gasteiger partial charge on any atom is 0.245 e. The first-order valence-corrected chi connectivity index (χ1v) is 6.55. The molecule has 0 saturated heterocycles. The lowest BCUT2D eigenvalue weighted by Crippen LogP contribution is -2.39. The number of rotatable bonds is 8. The van der Waals surface area contributed by atoms with E-state index >= 15 is 0 Å². The van der Waals surface area contributed by atoms with Gasteiger partial charge in [-0.3, -0.25) is 4.79 Å². The number of amides is 1. The summed E-state index contributed by atoms with van der Waals surface area (Å²) >= 11 is 1.05. The van der Waals surface area contributed by atoms with Crippen LogP contribution < -0.4 is 15.4 Å². The molecule has 1 amide bonds. The smallest absolute Gasteiger partial charge is 0.245 e. The van der Waals surface area contributed by atoms with Gasteiger partial charge < -0.3 is 20.5 Å². The predicted molar refractivity (Wildman–Crippen MR) is 65.4 cm³/mol. The lowest BCUT2D eigenvalue weighted by atomic mass is 10.3. The van der Waals surface area contributed by atoms with E-state index in [0.717, 1.165) is 24.6 Å². The van der Waals surface area contributed by atoms with E-state index in [1.54, 1.807) is 0 Å². The van der Waals surface area contributed by atoms with Crippen molar-refractivity contribution in [1.29, 1.82) is 0 Å². The Morgan fingerprint density at radius 2 is 2.50 bits per heavy atom. The van der Waals surface area contributed by atoms with E-state index in [0.29, 0.717) is 18.5 Å². The van der Waals surface area contributed by atoms with Crippen molar-refractivity contribution in [2.45, 2.75) is 25.0 Å². The van der Waals surface area contributed by atoms with Crippen molar-refractivity contribution in [3.8, 4) is 5.88 Å². The summed E-state index contributed by atoms with van der Waals surface area (Å²) in [6.45, 7) is 0.643. The zero-order chi connectivity index (χ0) is 12.8. The summed E-state index contributed by atoms with van der Waals surface area (Å²) in [5, 5.41) is 15.3. The average molecular weight is 272 g/mol. The molecule has 7 nitrogen and oxygen atoms in total. The second-order valence-electron chi connectivity index (χ2n) is 4.18. The fourth-order valence-corrected chi connectivity index (χ4v) is 1.68. The average Bonchev–Trinajstić information content (AvgIpc) is 2.99. The SMILES string of the molecule is O=C(CNCC(O)COc1cnsn1)NC1CC1. The van der Waals surface area contributed by atoms with Gasteiger partial charge in [0.05, 0.1) is 18.3 Å². The third-order valence-electron chi connectivity index (χ3n) is 2.37. The standard InChI is InChI=1S/C10H16N4O3S/c15-8(6-17-10-5-12-18-14-10)3-11-4-9(16)13-7-1-2-7/h5,7-8,11,15H,1-4,6H2,(H,13,16). The molecule has 1 heterocycles. The van der Waals surface area contributed by atoms with E-state index in [4.69, 9.17) is 4.74 Å². The van der Waals surface area contributed by atoms with E-state index in [-0.39, 0.29) is 19.1 Å². The van der Waals surface area contributed by atoms with Gasteiger partial charge in [0.15, 0.2) is 0 Å². The Labute approximate surface area is 109 Å². The molecule has 0 spiro atoms. The quantitative estimate of drug-likeness (QED) is 0.570. The number of aliphatic hydroxyl groups excluding tert-OH is 1. The number of aliphatic hydroxyl groups is 1. The summed E-state index contributed by atoms with van der Waals surface area (Å²) in [6.07, 6.45) is 2.96. The fraction of sp³-hybridized carbons (Fsp3) is 0.700. The first kappa shape index (κ1) is 13.2. The van der Waals surface area contributed by atoms with Crippen molar-refractivity contribution >= 4 is 17.6 Å². The number of ether oxygens (including phenoxy) is 1. The molecule has 100 valence electrons. The highest BCUT2D eigenvalue weighted by Crippen LogP contribution is 2.18. The van der Waals surface area contributed by atoms with Gasteiger partial charge in [-0.2, -0.15) is 4.37 Å². The van der Waals surface area contributed by atoms with Crippen molar-refractivity contribution in [1.82, 2.24) is 19.4 Å². The Balaban J connectivity index is 1.51. The van der Waals surface area contributed by atoms with Gasteiger partial charge in [0.2, 0.25) is 11.8 Å². The number of hydrogen-bond acceptors (Lipinski definition) is 7. The zero-order valence-corrected chi connectivity index (χ0v) is 10.7. The van der Waals surface area contributed by atoms with E-state index < -0.39 is 6.10 Å². The lowest BCUT2D eigenvalue weighted by molar-refractivity contribution is -0.120. The minimum Gasteiger partial charge on any atom is -0.473 e. The normalized spacial score (nSPS) is 16.3. The Hall–Kier alpha value is -1.25. The van der Waals surface area contributed by atoms with Gasteiger partial charge in [0.1, 0.15) is 18.9 Å². The van der Waals surface area contributed by atoms with Crippen LogP contribution in [0.5, 0.6) is 5.88 Å². The van der Waals surface area contributed by atoms with Crippen LogP contribution in [0.3, 0.4) is 0 Å². The molecule has 1 aromatic heterocycles. The van der Waals surface area contributed by atoms with E-state index in [2.05, 4.69) is 19.4 Å². The third-order valence-corrected chi connectivity index (χ3v) is 2.83. The number of aromatic nitrogens is 2. The van der Waals surface area contributed by atoms with Gasteiger partial charge >= 0.3 is 0 Å². The van der Waals surface area contributed by atoms with Crippen LogP contribution in [0.4, 0.5) is 0 Å². The summed E-state index contributed by atoms with van der Waals surface area (Å²) in [5.74, 6) is 0.375. The van der Waals surface area contributed by atoms with Crippen LogP contribution >= 0.6 is 11.7 Å². The number of carbonyl (C=O) groups is 1. The molecular weight excluding hydrogens is 256 g/mol. The maximum absolute atomic E-state index is 11.3. The summed E-state index contributed by atoms with van der Waals surface area (Å²) < 4.78 is 12.8. The van der Waals surface area contributed by atoms with Crippen LogP contribution in [-0.4, -0.2) is 51.6 Å². The number of hydrogen-bond donors (Lipinski definition) is 3. The van der Waals surface area contributed by atoms with E-state index in [1.807, 2.05) is 0 Å². The second-order valence-corrected chi connectivity index (χ2v) is 4.74. The molecule has 2 rings (SSSR count). The number of nitrogens with zero attached hydrogens (tertiary/aromatic N) is 2. The molecule has 0 radical (unpaired) electrons. The summed E-state index contributed by atoms with van der Waals surface area (Å²) in [4.78, 5) is 11.3. The van der Waals surface area contributed by atoms with Gasteiger partial charge in [0, 0.05) is 12.6 Å². The molecular formula is C10H16N4O3S. The molecule has 8 heteroatoms. The highest BCUT2D eigenvalue weighted by molar-refractivity contribution is 6.99. The molecule has 1 unspecified atom stereocenters. The summed E-state index contributed by atoms with van der Waals surface area (Å²) in [7, 11) is 0. The van der Waals surface area contributed by atoms with E-state index in [1.165, 1.54) is 6.20 Å². The zero-order valence-electron chi connectivity index (χ0n) is 9.83. The van der Waals surface area contributed by atoms with Crippen molar-refractivity contribution in [3.05, 3.63) is 6.20 Å². The summed E-state index contributed by atoms with van der Waals surface area (Å²) in [5.41, 5.74) is 0. The Kier molecular flexibility index (Phi) is 4.85. The molecule has 1 aliphatic carbocycles. The third kappa shape index (κ3) is 4.94. The second kappa shape index (κ2) is 6.62. The highest BCUT2D eigenvalue weighted by Gasteiger charge is 2.22. The molecule has 1 atom stereocenters. The predicted octanol–water partition coefficient (Wildman–Crippen LogP) is -0.854. The monoisotopic (exact) mass is 272 g/mol. The van der Waals surface area contributed by atoms with Crippen LogP contribution in [0.25, 0.3) is 0 Å². The first-order valence-electron chi connectivity index (χ1n) is 5.82. The van der Waals surface area contributed by atoms with Crippen molar-refractivity contribution < 1.29 is 14.6 Å². The lowest BCUT2D eigenvalue weighted by Gasteiger charge is -2.11. The number of nitrogens with one attached hydrogen (secondary N) is 2. The largest absolute Gasteiger partial charge is 0.473 e. The number of carbonyl (C=O) groups excluding carboxylic acids is 1. The molecule has 0 aromatic carbocycles. The van der Waals surface area contributed by atoms with E-state index in [9.17, 15) is 9.90 Å². The van der Waals surface area contributed by atoms with Gasteiger partial charge in [-0.1, -0.05) is 0 Å². The van der Waals surface area contributed by atoms with Gasteiger partial charge in [-0.05, 0) is 12.8 Å². The van der Waals surface area contributed by atoms with Crippen molar-refractivity contribution in [2.75, 3.05) is 19.7 Å². The molecule has 3 N–H and O–H groups in total. The minimum absolute atomic E-state index is 0.0330.